The van der Waals surface area contributed by atoms with Crippen LogP contribution in [0.2, 0.25) is 0 Å². The van der Waals surface area contributed by atoms with E-state index in [1.54, 1.807) is 0 Å². The monoisotopic (exact) mass is 244 g/mol. The van der Waals surface area contributed by atoms with Crippen LogP contribution in [-0.2, 0) is 0 Å². The lowest BCUT2D eigenvalue weighted by Crippen LogP contribution is -2.28. The van der Waals surface area contributed by atoms with Crippen LogP contribution in [-0.4, -0.2) is 18.1 Å². The summed E-state index contributed by atoms with van der Waals surface area (Å²) in [4.78, 5) is 6.54. The van der Waals surface area contributed by atoms with Gasteiger partial charge in [-0.3, -0.25) is 0 Å². The summed E-state index contributed by atoms with van der Waals surface area (Å²) in [5.41, 5.74) is 0.101. The Morgan fingerprint density at radius 3 is 2.65 bits per heavy atom. The minimum absolute atomic E-state index is 0.101. The van der Waals surface area contributed by atoms with E-state index >= 15 is 0 Å². The van der Waals surface area contributed by atoms with Crippen LogP contribution < -0.4 is 4.90 Å². The molecule has 1 aromatic rings. The first-order chi connectivity index (χ1) is 8.33. The number of thiazole rings is 1. The van der Waals surface area contributed by atoms with Crippen LogP contribution in [0.1, 0.15) is 24.3 Å². The second kappa shape index (κ2) is 5.47. The van der Waals surface area contributed by atoms with E-state index in [1.807, 2.05) is 18.3 Å². The average molecular weight is 244 g/mol. The zero-order chi connectivity index (χ0) is 12.1. The van der Waals surface area contributed by atoms with E-state index in [1.165, 1.54) is 36.7 Å². The van der Waals surface area contributed by atoms with Crippen LogP contribution in [0.25, 0.3) is 6.08 Å². The zero-order valence-electron chi connectivity index (χ0n) is 9.39. The molecule has 1 aliphatic rings. The molecule has 17 heavy (non-hydrogen) atoms. The summed E-state index contributed by atoms with van der Waals surface area (Å²) in [5, 5.41) is 19.2. The van der Waals surface area contributed by atoms with Gasteiger partial charge in [-0.2, -0.15) is 10.5 Å². The average Bonchev–Trinajstić information content (AvgIpc) is 2.85. The lowest BCUT2D eigenvalue weighted by molar-refractivity contribution is 0.580. The Morgan fingerprint density at radius 1 is 1.29 bits per heavy atom. The first-order valence-electron chi connectivity index (χ1n) is 5.56. The standard InChI is InChI=1S/C12H12N4S/c13-7-10(8-14)6-11-15-9-12(17-11)16-4-2-1-3-5-16/h6,9H,1-5H2. The molecule has 2 rings (SSSR count). The Labute approximate surface area is 104 Å². The first-order valence-corrected chi connectivity index (χ1v) is 6.38. The van der Waals surface area contributed by atoms with E-state index < -0.39 is 0 Å². The van der Waals surface area contributed by atoms with Crippen molar-refractivity contribution < 1.29 is 0 Å². The largest absolute Gasteiger partial charge is 0.362 e. The molecule has 0 amide bonds. The van der Waals surface area contributed by atoms with Crippen molar-refractivity contribution in [1.29, 1.82) is 10.5 Å². The third-order valence-corrected chi connectivity index (χ3v) is 3.69. The molecule has 1 aliphatic heterocycles. The van der Waals surface area contributed by atoms with E-state index in [4.69, 9.17) is 10.5 Å². The normalized spacial score (nSPS) is 14.8. The number of allylic oxidation sites excluding steroid dienone is 1. The molecule has 0 bridgehead atoms. The number of hydrogen-bond donors (Lipinski definition) is 0. The minimum Gasteiger partial charge on any atom is -0.362 e. The van der Waals surface area contributed by atoms with Crippen LogP contribution in [0, 0.1) is 22.7 Å². The van der Waals surface area contributed by atoms with Crippen LogP contribution in [0.5, 0.6) is 0 Å². The highest BCUT2D eigenvalue weighted by Gasteiger charge is 2.13. The van der Waals surface area contributed by atoms with Gasteiger partial charge in [-0.1, -0.05) is 11.3 Å². The van der Waals surface area contributed by atoms with Gasteiger partial charge >= 0.3 is 0 Å². The highest BCUT2D eigenvalue weighted by atomic mass is 32.1. The molecule has 0 radical (unpaired) electrons. The molecule has 1 fully saturated rings. The van der Waals surface area contributed by atoms with E-state index in [-0.39, 0.29) is 5.57 Å². The van der Waals surface area contributed by atoms with Gasteiger partial charge in [-0.25, -0.2) is 4.98 Å². The van der Waals surface area contributed by atoms with Crippen molar-refractivity contribution >= 4 is 22.4 Å². The lowest BCUT2D eigenvalue weighted by Gasteiger charge is -2.26. The van der Waals surface area contributed by atoms with E-state index in [2.05, 4.69) is 9.88 Å². The molecule has 0 aliphatic carbocycles. The summed E-state index contributed by atoms with van der Waals surface area (Å²) in [6.45, 7) is 2.16. The van der Waals surface area contributed by atoms with Crippen LogP contribution >= 0.6 is 11.3 Å². The molecule has 1 saturated heterocycles. The van der Waals surface area contributed by atoms with Crippen molar-refractivity contribution in [2.24, 2.45) is 0 Å². The van der Waals surface area contributed by atoms with Gasteiger partial charge in [0.05, 0.1) is 6.20 Å². The Kier molecular flexibility index (Phi) is 3.74. The zero-order valence-corrected chi connectivity index (χ0v) is 10.2. The van der Waals surface area contributed by atoms with E-state index in [0.717, 1.165) is 23.1 Å². The molecule has 86 valence electrons. The van der Waals surface area contributed by atoms with Gasteiger partial charge in [0.25, 0.3) is 0 Å². The topological polar surface area (TPSA) is 63.7 Å². The SMILES string of the molecule is N#CC(C#N)=Cc1ncc(N2CCCCC2)s1. The van der Waals surface area contributed by atoms with Crippen LogP contribution in [0.15, 0.2) is 11.8 Å². The fourth-order valence-electron chi connectivity index (χ4n) is 1.82. The Morgan fingerprint density at radius 2 is 2.00 bits per heavy atom. The van der Waals surface area contributed by atoms with Crippen molar-refractivity contribution in [3.05, 3.63) is 16.8 Å². The molecule has 1 aromatic heterocycles. The summed E-state index contributed by atoms with van der Waals surface area (Å²) >= 11 is 1.53. The summed E-state index contributed by atoms with van der Waals surface area (Å²) in [6.07, 6.45) is 7.12. The maximum absolute atomic E-state index is 8.67. The number of piperidine rings is 1. The Balaban J connectivity index is 2.13. The minimum atomic E-state index is 0.101. The summed E-state index contributed by atoms with van der Waals surface area (Å²) in [7, 11) is 0. The van der Waals surface area contributed by atoms with Crippen LogP contribution in [0.3, 0.4) is 0 Å². The third kappa shape index (κ3) is 2.83. The van der Waals surface area contributed by atoms with Crippen molar-refractivity contribution in [1.82, 2.24) is 4.98 Å². The van der Waals surface area contributed by atoms with E-state index in [9.17, 15) is 0 Å². The number of aromatic nitrogens is 1. The van der Waals surface area contributed by atoms with Gasteiger partial charge in [0.15, 0.2) is 0 Å². The van der Waals surface area contributed by atoms with Crippen molar-refractivity contribution in [3.63, 3.8) is 0 Å². The maximum atomic E-state index is 8.67. The third-order valence-electron chi connectivity index (χ3n) is 2.69. The summed E-state index contributed by atoms with van der Waals surface area (Å²) in [6, 6.07) is 3.68. The fraction of sp³-hybridized carbons (Fsp3) is 0.417. The van der Waals surface area contributed by atoms with Gasteiger partial charge in [0.2, 0.25) is 0 Å². The molecule has 0 N–H and O–H groups in total. The molecule has 2 heterocycles. The predicted molar refractivity (Wildman–Crippen MR) is 67.4 cm³/mol. The Hall–Kier alpha value is -1.85. The van der Waals surface area contributed by atoms with Crippen LogP contribution in [0.4, 0.5) is 5.00 Å². The molecular weight excluding hydrogens is 232 g/mol. The van der Waals surface area contributed by atoms with Gasteiger partial charge < -0.3 is 4.90 Å². The van der Waals surface area contributed by atoms with E-state index in [0.29, 0.717) is 0 Å². The molecule has 0 atom stereocenters. The highest BCUT2D eigenvalue weighted by Crippen LogP contribution is 2.27. The number of anilines is 1. The fourth-order valence-corrected chi connectivity index (χ4v) is 2.73. The predicted octanol–water partition coefficient (Wildman–Crippen LogP) is 2.56. The van der Waals surface area contributed by atoms with Crippen molar-refractivity contribution in [3.8, 4) is 12.1 Å². The van der Waals surface area contributed by atoms with Gasteiger partial charge in [0, 0.05) is 19.2 Å². The second-order valence-electron chi connectivity index (χ2n) is 3.87. The molecule has 4 nitrogen and oxygen atoms in total. The van der Waals surface area contributed by atoms with Gasteiger partial charge in [-0.05, 0) is 19.3 Å². The molecule has 0 unspecified atom stereocenters. The van der Waals surface area contributed by atoms with Crippen molar-refractivity contribution in [2.75, 3.05) is 18.0 Å². The summed E-state index contributed by atoms with van der Waals surface area (Å²) < 4.78 is 0. The second-order valence-corrected chi connectivity index (χ2v) is 4.91. The number of nitriles is 2. The molecule has 0 spiro atoms. The summed E-state index contributed by atoms with van der Waals surface area (Å²) in [5.74, 6) is 0. The smallest absolute Gasteiger partial charge is 0.132 e. The quantitative estimate of drug-likeness (QED) is 0.750. The maximum Gasteiger partial charge on any atom is 0.132 e. The Bertz CT molecular complexity index is 481. The lowest BCUT2D eigenvalue weighted by atomic mass is 10.1. The first kappa shape index (κ1) is 11.6. The van der Waals surface area contributed by atoms with Crippen molar-refractivity contribution in [2.45, 2.75) is 19.3 Å². The highest BCUT2D eigenvalue weighted by molar-refractivity contribution is 7.16. The molecular formula is C12H12N4S. The van der Waals surface area contributed by atoms with Gasteiger partial charge in [0.1, 0.15) is 27.7 Å². The number of nitrogens with zero attached hydrogens (tertiary/aromatic N) is 4. The molecule has 0 saturated carbocycles. The molecule has 5 heteroatoms. The molecule has 0 aromatic carbocycles. The van der Waals surface area contributed by atoms with Gasteiger partial charge in [-0.15, -0.1) is 0 Å². The number of hydrogen-bond acceptors (Lipinski definition) is 5. The number of rotatable bonds is 2.